The molecule has 0 aromatic heterocycles. The Morgan fingerprint density at radius 3 is 2.26 bits per heavy atom. The molecule has 34 heavy (non-hydrogen) atoms. The average molecular weight is 469 g/mol. The Balaban J connectivity index is 2.17. The molecule has 0 fully saturated rings. The second-order valence-corrected chi connectivity index (χ2v) is 8.22. The van der Waals surface area contributed by atoms with Gasteiger partial charge < -0.3 is 19.7 Å². The summed E-state index contributed by atoms with van der Waals surface area (Å²) in [5, 5.41) is 3.01. The first-order chi connectivity index (χ1) is 16.5. The highest BCUT2D eigenvalue weighted by atomic mass is 16.5. The van der Waals surface area contributed by atoms with E-state index in [1.807, 2.05) is 69.3 Å². The van der Waals surface area contributed by atoms with Gasteiger partial charge in [0.25, 0.3) is 0 Å². The number of aryl methyl sites for hydroxylation is 1. The maximum atomic E-state index is 13.4. The van der Waals surface area contributed by atoms with Crippen LogP contribution >= 0.6 is 0 Å². The second-order valence-electron chi connectivity index (χ2n) is 8.22. The number of nitrogens with one attached hydrogen (secondary N) is 1. The minimum atomic E-state index is -0.496. The summed E-state index contributed by atoms with van der Waals surface area (Å²) >= 11 is 0. The molecule has 0 saturated carbocycles. The van der Waals surface area contributed by atoms with Crippen molar-refractivity contribution in [3.05, 3.63) is 59.7 Å². The fraction of sp³-hybridized carbons (Fsp3) is 0.500. The Hall–Kier alpha value is -3.02. The van der Waals surface area contributed by atoms with Crippen LogP contribution in [0.3, 0.4) is 0 Å². The highest BCUT2D eigenvalue weighted by Gasteiger charge is 2.28. The van der Waals surface area contributed by atoms with Crippen LogP contribution in [0.2, 0.25) is 0 Å². The Labute approximate surface area is 204 Å². The van der Waals surface area contributed by atoms with Crippen LogP contribution in [0.15, 0.2) is 48.5 Å². The van der Waals surface area contributed by atoms with E-state index in [0.29, 0.717) is 57.1 Å². The van der Waals surface area contributed by atoms with Crippen molar-refractivity contribution in [2.75, 3.05) is 19.8 Å². The molecule has 0 spiro atoms. The van der Waals surface area contributed by atoms with Crippen LogP contribution in [0.25, 0.3) is 0 Å². The number of rotatable bonds is 15. The summed E-state index contributed by atoms with van der Waals surface area (Å²) in [7, 11) is 0. The van der Waals surface area contributed by atoms with E-state index in [4.69, 9.17) is 9.47 Å². The minimum absolute atomic E-state index is 0.0341. The van der Waals surface area contributed by atoms with Crippen molar-refractivity contribution in [2.24, 2.45) is 0 Å². The molecule has 0 heterocycles. The third-order valence-electron chi connectivity index (χ3n) is 5.65. The largest absolute Gasteiger partial charge is 0.490 e. The maximum absolute atomic E-state index is 13.4. The van der Waals surface area contributed by atoms with Gasteiger partial charge in [-0.25, -0.2) is 0 Å². The van der Waals surface area contributed by atoms with Gasteiger partial charge in [-0.15, -0.1) is 0 Å². The van der Waals surface area contributed by atoms with Crippen LogP contribution in [-0.2, 0) is 22.6 Å². The van der Waals surface area contributed by atoms with Crippen molar-refractivity contribution >= 4 is 11.8 Å². The Kier molecular flexibility index (Phi) is 12.0. The molecule has 0 aliphatic rings. The zero-order valence-electron chi connectivity index (χ0n) is 21.1. The molecule has 6 nitrogen and oxygen atoms in total. The number of unbranched alkanes of at least 4 members (excludes halogenated alkanes) is 1. The van der Waals surface area contributed by atoms with E-state index in [2.05, 4.69) is 12.2 Å². The minimum Gasteiger partial charge on any atom is -0.490 e. The van der Waals surface area contributed by atoms with Crippen molar-refractivity contribution in [1.82, 2.24) is 10.2 Å². The second kappa shape index (κ2) is 15.0. The summed E-state index contributed by atoms with van der Waals surface area (Å²) in [4.78, 5) is 28.1. The summed E-state index contributed by atoms with van der Waals surface area (Å²) in [6.07, 6.45) is 3.37. The van der Waals surface area contributed by atoms with Gasteiger partial charge in [0, 0.05) is 19.5 Å². The third-order valence-corrected chi connectivity index (χ3v) is 5.65. The molecule has 1 N–H and O–H groups in total. The lowest BCUT2D eigenvalue weighted by Gasteiger charge is -2.31. The number of hydrogen-bond acceptors (Lipinski definition) is 4. The van der Waals surface area contributed by atoms with Gasteiger partial charge in [-0.05, 0) is 56.4 Å². The van der Waals surface area contributed by atoms with E-state index < -0.39 is 6.04 Å². The first-order valence-corrected chi connectivity index (χ1v) is 12.5. The molecular weight excluding hydrogens is 428 g/mol. The number of ether oxygens (including phenoxy) is 2. The molecule has 1 atom stereocenters. The maximum Gasteiger partial charge on any atom is 0.242 e. The van der Waals surface area contributed by atoms with Crippen molar-refractivity contribution in [2.45, 2.75) is 72.4 Å². The molecule has 186 valence electrons. The zero-order chi connectivity index (χ0) is 24.8. The molecule has 0 saturated heterocycles. The van der Waals surface area contributed by atoms with Gasteiger partial charge in [-0.1, -0.05) is 56.7 Å². The number of amides is 2. The van der Waals surface area contributed by atoms with Crippen LogP contribution in [0.1, 0.15) is 64.5 Å². The molecule has 6 heteroatoms. The Morgan fingerprint density at radius 1 is 0.912 bits per heavy atom. The summed E-state index contributed by atoms with van der Waals surface area (Å²) in [5.41, 5.74) is 2.01. The summed E-state index contributed by atoms with van der Waals surface area (Å²) in [5.74, 6) is 1.28. The number of benzene rings is 2. The first-order valence-electron chi connectivity index (χ1n) is 12.5. The lowest BCUT2D eigenvalue weighted by atomic mass is 10.1. The highest BCUT2D eigenvalue weighted by molar-refractivity contribution is 5.87. The highest BCUT2D eigenvalue weighted by Crippen LogP contribution is 2.29. The van der Waals surface area contributed by atoms with Crippen molar-refractivity contribution in [3.8, 4) is 11.5 Å². The summed E-state index contributed by atoms with van der Waals surface area (Å²) < 4.78 is 11.4. The quantitative estimate of drug-likeness (QED) is 0.368. The fourth-order valence-electron chi connectivity index (χ4n) is 3.85. The predicted octanol–water partition coefficient (Wildman–Crippen LogP) is 5.14. The normalized spacial score (nSPS) is 11.5. The fourth-order valence-corrected chi connectivity index (χ4v) is 3.85. The SMILES string of the molecule is CCCCNC(=O)[C@H](CC)N(Cc1ccccc1)C(=O)CCc1ccc(OCC)c(OCC)c1. The molecule has 2 aromatic rings. The van der Waals surface area contributed by atoms with Gasteiger partial charge in [-0.2, -0.15) is 0 Å². The lowest BCUT2D eigenvalue weighted by Crippen LogP contribution is -2.49. The number of carbonyl (C=O) groups is 2. The van der Waals surface area contributed by atoms with Gasteiger partial charge in [0.15, 0.2) is 11.5 Å². The van der Waals surface area contributed by atoms with Crippen molar-refractivity contribution in [1.29, 1.82) is 0 Å². The average Bonchev–Trinajstić information content (AvgIpc) is 2.85. The molecule has 2 rings (SSSR count). The van der Waals surface area contributed by atoms with E-state index in [-0.39, 0.29) is 11.8 Å². The van der Waals surface area contributed by atoms with Gasteiger partial charge >= 0.3 is 0 Å². The van der Waals surface area contributed by atoms with Gasteiger partial charge in [0.2, 0.25) is 11.8 Å². The van der Waals surface area contributed by atoms with E-state index >= 15 is 0 Å². The van der Waals surface area contributed by atoms with Gasteiger partial charge in [-0.3, -0.25) is 9.59 Å². The summed E-state index contributed by atoms with van der Waals surface area (Å²) in [6, 6.07) is 15.1. The summed E-state index contributed by atoms with van der Waals surface area (Å²) in [6.45, 7) is 10.1. The molecule has 2 amide bonds. The Bertz CT molecular complexity index is 885. The molecule has 2 aromatic carbocycles. The number of nitrogens with zero attached hydrogens (tertiary/aromatic N) is 1. The smallest absolute Gasteiger partial charge is 0.242 e. The van der Waals surface area contributed by atoms with Crippen LogP contribution < -0.4 is 14.8 Å². The predicted molar refractivity (Wildman–Crippen MR) is 136 cm³/mol. The van der Waals surface area contributed by atoms with Crippen molar-refractivity contribution < 1.29 is 19.1 Å². The van der Waals surface area contributed by atoms with E-state index in [1.165, 1.54) is 0 Å². The monoisotopic (exact) mass is 468 g/mol. The number of hydrogen-bond donors (Lipinski definition) is 1. The third kappa shape index (κ3) is 8.40. The van der Waals surface area contributed by atoms with E-state index in [0.717, 1.165) is 24.0 Å². The molecule has 0 radical (unpaired) electrons. The van der Waals surface area contributed by atoms with Crippen LogP contribution in [0.4, 0.5) is 0 Å². The van der Waals surface area contributed by atoms with E-state index in [9.17, 15) is 9.59 Å². The van der Waals surface area contributed by atoms with Gasteiger partial charge in [0.05, 0.1) is 13.2 Å². The van der Waals surface area contributed by atoms with E-state index in [1.54, 1.807) is 4.90 Å². The standard InChI is InChI=1S/C28H40N2O4/c1-5-9-19-29-28(32)24(6-2)30(21-23-13-11-10-12-14-23)27(31)18-16-22-15-17-25(33-7-3)26(20-22)34-8-4/h10-15,17,20,24H,5-9,16,18-19,21H2,1-4H3,(H,29,32)/t24-/m0/s1. The van der Waals surface area contributed by atoms with Crippen LogP contribution in [-0.4, -0.2) is 42.5 Å². The van der Waals surface area contributed by atoms with Crippen LogP contribution in [0.5, 0.6) is 11.5 Å². The Morgan fingerprint density at radius 2 is 1.62 bits per heavy atom. The lowest BCUT2D eigenvalue weighted by molar-refractivity contribution is -0.141. The van der Waals surface area contributed by atoms with Crippen LogP contribution in [0, 0.1) is 0 Å². The first kappa shape index (κ1) is 27.2. The topological polar surface area (TPSA) is 67.9 Å². The number of carbonyl (C=O) groups excluding carboxylic acids is 2. The van der Waals surface area contributed by atoms with Gasteiger partial charge in [0.1, 0.15) is 6.04 Å². The zero-order valence-corrected chi connectivity index (χ0v) is 21.1. The molecule has 0 unspecified atom stereocenters. The molecule has 0 aliphatic heterocycles. The molecule has 0 aliphatic carbocycles. The van der Waals surface area contributed by atoms with Crippen molar-refractivity contribution in [3.63, 3.8) is 0 Å². The molecule has 0 bridgehead atoms. The molecular formula is C28H40N2O4.